The van der Waals surface area contributed by atoms with Crippen LogP contribution in [0.2, 0.25) is 0 Å². The lowest BCUT2D eigenvalue weighted by atomic mass is 10.1. The van der Waals surface area contributed by atoms with E-state index in [-0.39, 0.29) is 30.5 Å². The van der Waals surface area contributed by atoms with Crippen molar-refractivity contribution in [3.05, 3.63) is 114 Å². The van der Waals surface area contributed by atoms with Gasteiger partial charge < -0.3 is 14.6 Å². The topological polar surface area (TPSA) is 82.7 Å². The van der Waals surface area contributed by atoms with E-state index < -0.39 is 10.0 Å². The molecule has 0 atom stereocenters. The lowest BCUT2D eigenvalue weighted by Crippen LogP contribution is -2.44. The number of methoxy groups -OCH3 is 1. The van der Waals surface area contributed by atoms with Crippen molar-refractivity contribution in [2.24, 2.45) is 0 Å². The van der Waals surface area contributed by atoms with Crippen LogP contribution < -0.4 is 0 Å². The summed E-state index contributed by atoms with van der Waals surface area (Å²) in [5.74, 6) is -0.258. The number of hydrogen-bond acceptors (Lipinski definition) is 4. The molecule has 0 bridgehead atoms. The third kappa shape index (κ3) is 6.68. The molecule has 4 aromatic carbocycles. The molecule has 0 aliphatic carbocycles. The summed E-state index contributed by atoms with van der Waals surface area (Å²) in [6, 6.07) is 28.8. The third-order valence-electron chi connectivity index (χ3n) is 7.39. The summed E-state index contributed by atoms with van der Waals surface area (Å²) in [6.45, 7) is 2.82. The molecular weight excluding hydrogens is 534 g/mol. The number of H-pyrrole nitrogens is 1. The second-order valence-electron chi connectivity index (χ2n) is 10.3. The van der Waals surface area contributed by atoms with Gasteiger partial charge in [0.1, 0.15) is 0 Å². The summed E-state index contributed by atoms with van der Waals surface area (Å²) in [7, 11) is -2.44. The van der Waals surface area contributed by atoms with Crippen molar-refractivity contribution >= 4 is 37.6 Å². The van der Waals surface area contributed by atoms with Crippen LogP contribution >= 0.6 is 0 Å². The molecule has 0 aliphatic heterocycles. The van der Waals surface area contributed by atoms with E-state index in [1.165, 1.54) is 11.4 Å². The highest BCUT2D eigenvalue weighted by molar-refractivity contribution is 7.89. The predicted molar refractivity (Wildman–Crippen MR) is 163 cm³/mol. The summed E-state index contributed by atoms with van der Waals surface area (Å²) in [5, 5.41) is 2.90. The standard InChI is InChI=1S/C33H35N3O4S/c1-25-11-13-26(14-12-25)23-35(18-17-29-22-34-32-10-6-5-9-31(29)32)33(37)24-36(19-20-40-2)41(38,39)30-16-15-27-7-3-4-8-28(27)21-30/h3-16,21-22,34H,17-20,23-24H2,1-2H3. The number of nitrogens with zero attached hydrogens (tertiary/aromatic N) is 2. The van der Waals surface area contributed by atoms with Gasteiger partial charge >= 0.3 is 0 Å². The van der Waals surface area contributed by atoms with Crippen LogP contribution in [0.5, 0.6) is 0 Å². The van der Waals surface area contributed by atoms with Gasteiger partial charge in [0.2, 0.25) is 15.9 Å². The number of ether oxygens (including phenoxy) is 1. The maximum absolute atomic E-state index is 13.9. The van der Waals surface area contributed by atoms with Crippen LogP contribution in [0.15, 0.2) is 102 Å². The van der Waals surface area contributed by atoms with Crippen molar-refractivity contribution in [1.29, 1.82) is 0 Å². The molecule has 7 nitrogen and oxygen atoms in total. The van der Waals surface area contributed by atoms with Crippen LogP contribution in [0, 0.1) is 6.92 Å². The number of benzene rings is 4. The SMILES string of the molecule is COCCN(CC(=O)N(CCc1c[nH]c2ccccc12)Cc1ccc(C)cc1)S(=O)(=O)c1ccc2ccccc2c1. The third-order valence-corrected chi connectivity index (χ3v) is 9.23. The monoisotopic (exact) mass is 569 g/mol. The van der Waals surface area contributed by atoms with E-state index in [9.17, 15) is 13.2 Å². The van der Waals surface area contributed by atoms with Crippen molar-refractivity contribution in [2.75, 3.05) is 33.4 Å². The van der Waals surface area contributed by atoms with E-state index in [1.807, 2.05) is 79.9 Å². The first-order valence-corrected chi connectivity index (χ1v) is 15.2. The van der Waals surface area contributed by atoms with Crippen LogP contribution in [0.3, 0.4) is 0 Å². The number of amides is 1. The molecule has 1 heterocycles. The zero-order valence-electron chi connectivity index (χ0n) is 23.4. The highest BCUT2D eigenvalue weighted by Gasteiger charge is 2.29. The summed E-state index contributed by atoms with van der Waals surface area (Å²) in [6.07, 6.45) is 2.62. The number of aromatic nitrogens is 1. The average Bonchev–Trinajstić information content (AvgIpc) is 3.41. The number of para-hydroxylation sites is 1. The molecule has 0 radical (unpaired) electrons. The van der Waals surface area contributed by atoms with Gasteiger partial charge in [-0.05, 0) is 53.4 Å². The average molecular weight is 570 g/mol. The lowest BCUT2D eigenvalue weighted by Gasteiger charge is -2.27. The fourth-order valence-corrected chi connectivity index (χ4v) is 6.41. The Kier molecular flexibility index (Phi) is 8.83. The van der Waals surface area contributed by atoms with Gasteiger partial charge in [0, 0.05) is 43.8 Å². The van der Waals surface area contributed by atoms with Crippen LogP contribution in [0.4, 0.5) is 0 Å². The van der Waals surface area contributed by atoms with E-state index in [0.717, 1.165) is 38.4 Å². The Morgan fingerprint density at radius 3 is 2.39 bits per heavy atom. The Balaban J connectivity index is 1.41. The molecule has 1 amide bonds. The minimum absolute atomic E-state index is 0.0677. The Hall–Kier alpha value is -3.98. The van der Waals surface area contributed by atoms with E-state index in [1.54, 1.807) is 23.1 Å². The molecule has 0 aliphatic rings. The highest BCUT2D eigenvalue weighted by Crippen LogP contribution is 2.23. The lowest BCUT2D eigenvalue weighted by molar-refractivity contribution is -0.132. The highest BCUT2D eigenvalue weighted by atomic mass is 32.2. The van der Waals surface area contributed by atoms with E-state index in [0.29, 0.717) is 19.5 Å². The fourth-order valence-electron chi connectivity index (χ4n) is 5.00. The fraction of sp³-hybridized carbons (Fsp3) is 0.242. The number of carbonyl (C=O) groups excluding carboxylic acids is 1. The number of sulfonamides is 1. The van der Waals surface area contributed by atoms with E-state index in [4.69, 9.17) is 4.74 Å². The molecule has 0 saturated heterocycles. The molecule has 1 aromatic heterocycles. The predicted octanol–water partition coefficient (Wildman–Crippen LogP) is 5.54. The van der Waals surface area contributed by atoms with Crippen molar-refractivity contribution in [1.82, 2.24) is 14.2 Å². The molecule has 41 heavy (non-hydrogen) atoms. The van der Waals surface area contributed by atoms with Gasteiger partial charge in [-0.3, -0.25) is 4.79 Å². The second-order valence-corrected chi connectivity index (χ2v) is 12.2. The molecule has 1 N–H and O–H groups in total. The summed E-state index contributed by atoms with van der Waals surface area (Å²) >= 11 is 0. The Labute approximate surface area is 241 Å². The van der Waals surface area contributed by atoms with E-state index in [2.05, 4.69) is 11.1 Å². The quantitative estimate of drug-likeness (QED) is 0.214. The minimum Gasteiger partial charge on any atom is -0.383 e. The maximum atomic E-state index is 13.9. The molecule has 0 saturated carbocycles. The van der Waals surface area contributed by atoms with Gasteiger partial charge in [-0.1, -0.05) is 78.4 Å². The molecule has 212 valence electrons. The number of rotatable bonds is 12. The largest absolute Gasteiger partial charge is 0.383 e. The van der Waals surface area contributed by atoms with Gasteiger partial charge in [0.15, 0.2) is 0 Å². The first kappa shape index (κ1) is 28.5. The first-order chi connectivity index (χ1) is 19.8. The van der Waals surface area contributed by atoms with Crippen molar-refractivity contribution < 1.29 is 17.9 Å². The maximum Gasteiger partial charge on any atom is 0.243 e. The Morgan fingerprint density at radius 2 is 1.61 bits per heavy atom. The summed E-state index contributed by atoms with van der Waals surface area (Å²) in [5.41, 5.74) is 4.29. The van der Waals surface area contributed by atoms with Gasteiger partial charge in [0.25, 0.3) is 0 Å². The second kappa shape index (κ2) is 12.7. The van der Waals surface area contributed by atoms with Gasteiger partial charge in [-0.2, -0.15) is 4.31 Å². The molecule has 0 unspecified atom stereocenters. The molecule has 5 aromatic rings. The van der Waals surface area contributed by atoms with Crippen LogP contribution in [-0.2, 0) is 32.5 Å². The number of fused-ring (bicyclic) bond motifs is 2. The van der Waals surface area contributed by atoms with Crippen LogP contribution in [0.25, 0.3) is 21.7 Å². The van der Waals surface area contributed by atoms with Gasteiger partial charge in [-0.15, -0.1) is 0 Å². The van der Waals surface area contributed by atoms with Crippen molar-refractivity contribution in [2.45, 2.75) is 24.8 Å². The minimum atomic E-state index is -3.96. The van der Waals surface area contributed by atoms with Crippen molar-refractivity contribution in [3.63, 3.8) is 0 Å². The number of carbonyl (C=O) groups is 1. The number of hydrogen-bond donors (Lipinski definition) is 1. The van der Waals surface area contributed by atoms with Crippen molar-refractivity contribution in [3.8, 4) is 0 Å². The summed E-state index contributed by atoms with van der Waals surface area (Å²) in [4.78, 5) is 19.1. The van der Waals surface area contributed by atoms with Crippen LogP contribution in [0.1, 0.15) is 16.7 Å². The van der Waals surface area contributed by atoms with Crippen LogP contribution in [-0.4, -0.2) is 61.9 Å². The smallest absolute Gasteiger partial charge is 0.243 e. The Morgan fingerprint density at radius 1 is 0.878 bits per heavy atom. The number of aromatic amines is 1. The number of nitrogens with one attached hydrogen (secondary N) is 1. The number of aryl methyl sites for hydroxylation is 1. The van der Waals surface area contributed by atoms with E-state index >= 15 is 0 Å². The van der Waals surface area contributed by atoms with Gasteiger partial charge in [-0.25, -0.2) is 8.42 Å². The zero-order chi connectivity index (χ0) is 28.8. The molecule has 5 rings (SSSR count). The molecule has 0 spiro atoms. The zero-order valence-corrected chi connectivity index (χ0v) is 24.2. The molecule has 0 fully saturated rings. The molecule has 8 heteroatoms. The van der Waals surface area contributed by atoms with Gasteiger partial charge in [0.05, 0.1) is 18.0 Å². The first-order valence-electron chi connectivity index (χ1n) is 13.7. The Bertz CT molecular complexity index is 1750. The molecular formula is C33H35N3O4S. The normalized spacial score (nSPS) is 11.9. The summed E-state index contributed by atoms with van der Waals surface area (Å²) < 4.78 is 34.1.